The maximum Gasteiger partial charge on any atom is 0.243 e. The molecule has 190 valence electrons. The molecular formula is C28H39N3O3S. The van der Waals surface area contributed by atoms with E-state index in [9.17, 15) is 13.2 Å². The van der Waals surface area contributed by atoms with Crippen molar-refractivity contribution in [3.8, 4) is 0 Å². The Morgan fingerprint density at radius 3 is 2.34 bits per heavy atom. The van der Waals surface area contributed by atoms with E-state index in [4.69, 9.17) is 0 Å². The number of nitrogens with zero attached hydrogens (tertiary/aromatic N) is 3. The molecule has 2 saturated heterocycles. The fourth-order valence-corrected chi connectivity index (χ4v) is 6.95. The van der Waals surface area contributed by atoms with Gasteiger partial charge in [-0.05, 0) is 62.8 Å². The topological polar surface area (TPSA) is 60.9 Å². The summed E-state index contributed by atoms with van der Waals surface area (Å²) in [5.41, 5.74) is 2.31. The van der Waals surface area contributed by atoms with E-state index in [0.29, 0.717) is 43.4 Å². The van der Waals surface area contributed by atoms with Crippen molar-refractivity contribution in [1.29, 1.82) is 0 Å². The van der Waals surface area contributed by atoms with Gasteiger partial charge in [0, 0.05) is 51.2 Å². The maximum absolute atomic E-state index is 13.1. The summed E-state index contributed by atoms with van der Waals surface area (Å²) in [6.45, 7) is 8.12. The van der Waals surface area contributed by atoms with Crippen molar-refractivity contribution in [3.63, 3.8) is 0 Å². The molecule has 0 saturated carbocycles. The summed E-state index contributed by atoms with van der Waals surface area (Å²) < 4.78 is 27.3. The summed E-state index contributed by atoms with van der Waals surface area (Å²) in [7, 11) is -3.42. The summed E-state index contributed by atoms with van der Waals surface area (Å²) in [4.78, 5) is 18.0. The van der Waals surface area contributed by atoms with Crippen LogP contribution in [0.2, 0.25) is 0 Å². The molecule has 1 amide bonds. The van der Waals surface area contributed by atoms with Crippen LogP contribution in [0.1, 0.15) is 63.1 Å². The Bertz CT molecular complexity index is 1070. The van der Waals surface area contributed by atoms with Gasteiger partial charge in [-0.25, -0.2) is 8.42 Å². The minimum absolute atomic E-state index is 0.178. The molecule has 2 unspecified atom stereocenters. The van der Waals surface area contributed by atoms with Gasteiger partial charge in [-0.1, -0.05) is 48.9 Å². The summed E-state index contributed by atoms with van der Waals surface area (Å²) in [5, 5.41) is 0. The number of amides is 1. The van der Waals surface area contributed by atoms with Crippen molar-refractivity contribution in [2.24, 2.45) is 0 Å². The lowest BCUT2D eigenvalue weighted by molar-refractivity contribution is -0.133. The second kappa shape index (κ2) is 11.7. The molecular weight excluding hydrogens is 458 g/mol. The third-order valence-corrected chi connectivity index (χ3v) is 9.54. The molecule has 0 N–H and O–H groups in total. The normalized spacial score (nSPS) is 20.6. The number of likely N-dealkylation sites (tertiary alicyclic amines) is 1. The largest absolute Gasteiger partial charge is 0.339 e. The first-order valence-corrected chi connectivity index (χ1v) is 14.5. The SMILES string of the molecule is CCN(C(=O)CCc1ccc(S(=O)(=O)N2CCCCC2)cc1)C1CCN(C(C)c2ccccc2)C1. The average molecular weight is 498 g/mol. The highest BCUT2D eigenvalue weighted by Gasteiger charge is 2.32. The number of aryl methyl sites for hydroxylation is 1. The molecule has 2 aromatic carbocycles. The predicted octanol–water partition coefficient (Wildman–Crippen LogP) is 4.48. The first-order chi connectivity index (χ1) is 16.9. The Morgan fingerprint density at radius 2 is 1.69 bits per heavy atom. The van der Waals surface area contributed by atoms with E-state index >= 15 is 0 Å². The number of sulfonamides is 1. The number of carbonyl (C=O) groups is 1. The number of carbonyl (C=O) groups excluding carboxylic acids is 1. The van der Waals surface area contributed by atoms with Gasteiger partial charge < -0.3 is 4.90 Å². The molecule has 0 bridgehead atoms. The number of likely N-dealkylation sites (N-methyl/N-ethyl adjacent to an activating group) is 1. The third-order valence-electron chi connectivity index (χ3n) is 7.63. The Labute approximate surface area is 211 Å². The monoisotopic (exact) mass is 497 g/mol. The van der Waals surface area contributed by atoms with Crippen molar-refractivity contribution < 1.29 is 13.2 Å². The van der Waals surface area contributed by atoms with Gasteiger partial charge in [0.1, 0.15) is 0 Å². The smallest absolute Gasteiger partial charge is 0.243 e. The van der Waals surface area contributed by atoms with Gasteiger partial charge in [-0.2, -0.15) is 4.31 Å². The molecule has 7 heteroatoms. The molecule has 2 atom stereocenters. The predicted molar refractivity (Wildman–Crippen MR) is 140 cm³/mol. The van der Waals surface area contributed by atoms with Crippen LogP contribution in [0.3, 0.4) is 0 Å². The number of hydrogen-bond donors (Lipinski definition) is 0. The number of piperidine rings is 1. The quantitative estimate of drug-likeness (QED) is 0.513. The lowest BCUT2D eigenvalue weighted by atomic mass is 10.1. The van der Waals surface area contributed by atoms with Crippen molar-refractivity contribution in [1.82, 2.24) is 14.1 Å². The van der Waals surface area contributed by atoms with Crippen LogP contribution in [0.4, 0.5) is 0 Å². The van der Waals surface area contributed by atoms with Crippen LogP contribution in [0, 0.1) is 0 Å². The minimum Gasteiger partial charge on any atom is -0.339 e. The van der Waals surface area contributed by atoms with Crippen LogP contribution in [0.15, 0.2) is 59.5 Å². The lowest BCUT2D eigenvalue weighted by Gasteiger charge is -2.30. The number of benzene rings is 2. The van der Waals surface area contributed by atoms with E-state index in [1.54, 1.807) is 16.4 Å². The molecule has 2 aromatic rings. The Hall–Kier alpha value is -2.22. The molecule has 2 heterocycles. The molecule has 0 radical (unpaired) electrons. The fourth-order valence-electron chi connectivity index (χ4n) is 5.43. The van der Waals surface area contributed by atoms with Gasteiger partial charge in [0.15, 0.2) is 0 Å². The second-order valence-electron chi connectivity index (χ2n) is 9.81. The molecule has 2 aliphatic heterocycles. The van der Waals surface area contributed by atoms with Crippen LogP contribution in [-0.2, 0) is 21.2 Å². The van der Waals surface area contributed by atoms with Crippen molar-refractivity contribution in [3.05, 3.63) is 65.7 Å². The zero-order valence-electron chi connectivity index (χ0n) is 21.1. The molecule has 2 fully saturated rings. The molecule has 2 aliphatic rings. The molecule has 0 aromatic heterocycles. The highest BCUT2D eigenvalue weighted by atomic mass is 32.2. The lowest BCUT2D eigenvalue weighted by Crippen LogP contribution is -2.42. The molecule has 0 spiro atoms. The van der Waals surface area contributed by atoms with Crippen molar-refractivity contribution in [2.45, 2.75) is 69.4 Å². The fraction of sp³-hybridized carbons (Fsp3) is 0.536. The van der Waals surface area contributed by atoms with E-state index in [1.807, 2.05) is 23.1 Å². The minimum atomic E-state index is -3.42. The van der Waals surface area contributed by atoms with Gasteiger partial charge in [0.2, 0.25) is 15.9 Å². The first-order valence-electron chi connectivity index (χ1n) is 13.1. The van der Waals surface area contributed by atoms with E-state index in [2.05, 4.69) is 43.0 Å². The van der Waals surface area contributed by atoms with Crippen LogP contribution in [0.5, 0.6) is 0 Å². The zero-order chi connectivity index (χ0) is 24.8. The Balaban J connectivity index is 1.31. The Morgan fingerprint density at radius 1 is 1.00 bits per heavy atom. The molecule has 4 rings (SSSR count). The number of rotatable bonds is 9. The van der Waals surface area contributed by atoms with Crippen LogP contribution in [0.25, 0.3) is 0 Å². The van der Waals surface area contributed by atoms with Gasteiger partial charge in [-0.3, -0.25) is 9.69 Å². The summed E-state index contributed by atoms with van der Waals surface area (Å²) in [6, 6.07) is 18.2. The van der Waals surface area contributed by atoms with E-state index < -0.39 is 10.0 Å². The average Bonchev–Trinajstić information content (AvgIpc) is 3.38. The van der Waals surface area contributed by atoms with Crippen molar-refractivity contribution >= 4 is 15.9 Å². The van der Waals surface area contributed by atoms with Crippen LogP contribution < -0.4 is 0 Å². The third kappa shape index (κ3) is 6.13. The van der Waals surface area contributed by atoms with Crippen LogP contribution >= 0.6 is 0 Å². The maximum atomic E-state index is 13.1. The first kappa shape index (κ1) is 25.9. The molecule has 35 heavy (non-hydrogen) atoms. The second-order valence-corrected chi connectivity index (χ2v) is 11.8. The zero-order valence-corrected chi connectivity index (χ0v) is 21.9. The highest BCUT2D eigenvalue weighted by Crippen LogP contribution is 2.27. The summed E-state index contributed by atoms with van der Waals surface area (Å²) in [6.07, 6.45) is 5.01. The van der Waals surface area contributed by atoms with Gasteiger partial charge in [-0.15, -0.1) is 0 Å². The van der Waals surface area contributed by atoms with E-state index in [0.717, 1.165) is 44.3 Å². The van der Waals surface area contributed by atoms with Gasteiger partial charge in [0.25, 0.3) is 0 Å². The number of hydrogen-bond acceptors (Lipinski definition) is 4. The van der Waals surface area contributed by atoms with Gasteiger partial charge in [0.05, 0.1) is 4.90 Å². The van der Waals surface area contributed by atoms with E-state index in [1.165, 1.54) is 5.56 Å². The molecule has 0 aliphatic carbocycles. The summed E-state index contributed by atoms with van der Waals surface area (Å²) in [5.74, 6) is 0.178. The van der Waals surface area contributed by atoms with Crippen LogP contribution in [-0.4, -0.2) is 67.2 Å². The molecule has 6 nitrogen and oxygen atoms in total. The standard InChI is InChI=1S/C28H39N3O3S/c1-3-31(26-18-21-29(22-26)23(2)25-10-6-4-7-11-25)28(32)17-14-24-12-15-27(16-13-24)35(33,34)30-19-8-5-9-20-30/h4,6-7,10-13,15-16,23,26H,3,5,8-9,14,17-22H2,1-2H3. The summed E-state index contributed by atoms with van der Waals surface area (Å²) >= 11 is 0. The van der Waals surface area contributed by atoms with Gasteiger partial charge >= 0.3 is 0 Å². The Kier molecular flexibility index (Phi) is 8.63. The van der Waals surface area contributed by atoms with Crippen molar-refractivity contribution in [2.75, 3.05) is 32.7 Å². The highest BCUT2D eigenvalue weighted by molar-refractivity contribution is 7.89. The van der Waals surface area contributed by atoms with E-state index in [-0.39, 0.29) is 11.9 Å².